The molecule has 2 aliphatic heterocycles. The number of benzene rings is 1. The molecule has 3 heterocycles. The summed E-state index contributed by atoms with van der Waals surface area (Å²) in [4.78, 5) is 28.0. The second-order valence-electron chi connectivity index (χ2n) is 8.35. The Kier molecular flexibility index (Phi) is 8.58. The van der Waals surface area contributed by atoms with Crippen molar-refractivity contribution in [2.24, 2.45) is 11.3 Å². The Hall–Kier alpha value is -2.97. The topological polar surface area (TPSA) is 101 Å². The molecule has 0 aliphatic carbocycles. The van der Waals surface area contributed by atoms with Gasteiger partial charge in [-0.15, -0.1) is 0 Å². The van der Waals surface area contributed by atoms with E-state index in [2.05, 4.69) is 21.3 Å². The molecule has 4 rings (SSSR count). The monoisotopic (exact) mass is 441 g/mol. The van der Waals surface area contributed by atoms with Gasteiger partial charge < -0.3 is 24.8 Å². The molecule has 1 unspecified atom stereocenters. The summed E-state index contributed by atoms with van der Waals surface area (Å²) in [6, 6.07) is 11.9. The number of carbonyl (C=O) groups is 2. The number of aromatic nitrogens is 1. The Bertz CT molecular complexity index is 865. The lowest BCUT2D eigenvalue weighted by atomic mass is 9.73. The van der Waals surface area contributed by atoms with Gasteiger partial charge in [-0.25, -0.2) is 0 Å². The van der Waals surface area contributed by atoms with Gasteiger partial charge in [-0.3, -0.25) is 14.6 Å². The third-order valence-electron chi connectivity index (χ3n) is 5.95. The number of carboxylic acid groups (broad SMARTS) is 1. The van der Waals surface area contributed by atoms with Crippen LogP contribution in [0.1, 0.15) is 17.5 Å². The van der Waals surface area contributed by atoms with Gasteiger partial charge in [-0.2, -0.15) is 0 Å². The van der Waals surface area contributed by atoms with Gasteiger partial charge in [-0.1, -0.05) is 12.1 Å². The number of rotatable bonds is 8. The summed E-state index contributed by atoms with van der Waals surface area (Å²) in [7, 11) is 1.67. The number of hydrogen-bond donors (Lipinski definition) is 2. The summed E-state index contributed by atoms with van der Waals surface area (Å²) in [5.74, 6) is 1.54. The average molecular weight is 442 g/mol. The van der Waals surface area contributed by atoms with Gasteiger partial charge in [0.1, 0.15) is 5.75 Å². The molecule has 172 valence electrons. The highest BCUT2D eigenvalue weighted by Gasteiger charge is 2.49. The van der Waals surface area contributed by atoms with Crippen molar-refractivity contribution in [1.82, 2.24) is 15.2 Å². The molecular formula is C24H31N3O5. The number of amides is 1. The van der Waals surface area contributed by atoms with Crippen molar-refractivity contribution in [3.05, 3.63) is 59.9 Å². The van der Waals surface area contributed by atoms with Crippen LogP contribution in [0, 0.1) is 11.3 Å². The van der Waals surface area contributed by atoms with Crippen LogP contribution in [0.25, 0.3) is 0 Å². The number of nitrogens with zero attached hydrogens (tertiary/aromatic N) is 2. The lowest BCUT2D eigenvalue weighted by Crippen LogP contribution is -2.64. The molecule has 32 heavy (non-hydrogen) atoms. The van der Waals surface area contributed by atoms with Crippen molar-refractivity contribution >= 4 is 12.4 Å². The quantitative estimate of drug-likeness (QED) is 0.604. The molecule has 0 radical (unpaired) electrons. The molecule has 1 aromatic heterocycles. The van der Waals surface area contributed by atoms with Crippen molar-refractivity contribution in [2.75, 3.05) is 40.0 Å². The second kappa shape index (κ2) is 11.6. The first kappa shape index (κ1) is 23.7. The number of methoxy groups -OCH3 is 1. The molecule has 8 nitrogen and oxygen atoms in total. The van der Waals surface area contributed by atoms with E-state index >= 15 is 0 Å². The maximum atomic E-state index is 13.3. The Labute approximate surface area is 188 Å². The first-order valence-corrected chi connectivity index (χ1v) is 10.8. The molecule has 2 saturated heterocycles. The van der Waals surface area contributed by atoms with Crippen molar-refractivity contribution in [3.63, 3.8) is 0 Å². The van der Waals surface area contributed by atoms with Gasteiger partial charge in [0, 0.05) is 45.2 Å². The fourth-order valence-corrected chi connectivity index (χ4v) is 4.41. The normalized spacial score (nSPS) is 19.2. The molecule has 1 amide bonds. The lowest BCUT2D eigenvalue weighted by Gasteiger charge is -2.50. The Morgan fingerprint density at radius 1 is 1.31 bits per heavy atom. The highest BCUT2D eigenvalue weighted by molar-refractivity contribution is 5.84. The Balaban J connectivity index is 0.000000913. The first-order valence-electron chi connectivity index (χ1n) is 10.8. The van der Waals surface area contributed by atoms with Crippen LogP contribution in [0.4, 0.5) is 0 Å². The molecule has 0 saturated carbocycles. The molecule has 2 aliphatic rings. The van der Waals surface area contributed by atoms with E-state index in [1.807, 2.05) is 30.3 Å². The van der Waals surface area contributed by atoms with Crippen molar-refractivity contribution in [3.8, 4) is 5.75 Å². The number of ether oxygens (including phenoxy) is 2. The van der Waals surface area contributed by atoms with Crippen LogP contribution in [0.15, 0.2) is 48.8 Å². The van der Waals surface area contributed by atoms with E-state index in [4.69, 9.17) is 19.4 Å². The Morgan fingerprint density at radius 2 is 2.06 bits per heavy atom. The fraction of sp³-hybridized carbons (Fsp3) is 0.458. The van der Waals surface area contributed by atoms with E-state index in [-0.39, 0.29) is 12.4 Å². The van der Waals surface area contributed by atoms with Gasteiger partial charge in [0.2, 0.25) is 5.91 Å². The maximum Gasteiger partial charge on any atom is 0.290 e. The van der Waals surface area contributed by atoms with Crippen LogP contribution in [-0.4, -0.2) is 67.3 Å². The molecule has 8 heteroatoms. The molecule has 2 fully saturated rings. The summed E-state index contributed by atoms with van der Waals surface area (Å²) in [6.45, 7) is 4.55. The van der Waals surface area contributed by atoms with Gasteiger partial charge in [-0.05, 0) is 54.2 Å². The van der Waals surface area contributed by atoms with Crippen LogP contribution >= 0.6 is 0 Å². The van der Waals surface area contributed by atoms with Crippen LogP contribution in [0.3, 0.4) is 0 Å². The zero-order chi connectivity index (χ0) is 22.8. The van der Waals surface area contributed by atoms with Crippen LogP contribution in [-0.2, 0) is 27.3 Å². The molecule has 2 N–H and O–H groups in total. The average Bonchev–Trinajstić information content (AvgIpc) is 3.30. The first-order chi connectivity index (χ1) is 15.6. The molecule has 0 bridgehead atoms. The minimum atomic E-state index is -0.404. The predicted octanol–water partition coefficient (Wildman–Crippen LogP) is 1.99. The van der Waals surface area contributed by atoms with Gasteiger partial charge in [0.25, 0.3) is 6.47 Å². The van der Waals surface area contributed by atoms with Crippen LogP contribution in [0.2, 0.25) is 0 Å². The zero-order valence-corrected chi connectivity index (χ0v) is 18.4. The van der Waals surface area contributed by atoms with Gasteiger partial charge in [0.15, 0.2) is 0 Å². The number of likely N-dealkylation sites (tertiary alicyclic amines) is 1. The molecule has 2 aromatic rings. The Morgan fingerprint density at radius 3 is 2.72 bits per heavy atom. The lowest BCUT2D eigenvalue weighted by molar-refractivity contribution is -0.142. The number of carbonyl (C=O) groups excluding carboxylic acids is 1. The molecule has 1 aromatic carbocycles. The van der Waals surface area contributed by atoms with Gasteiger partial charge in [0.05, 0.1) is 19.1 Å². The molecule has 0 spiro atoms. The zero-order valence-electron chi connectivity index (χ0n) is 18.4. The predicted molar refractivity (Wildman–Crippen MR) is 119 cm³/mol. The summed E-state index contributed by atoms with van der Waals surface area (Å²) in [6.07, 6.45) is 5.34. The standard InChI is InChI=1S/C23H29N3O3.CH2O2/c1-28-21-4-2-3-19(11-21)12-23(16-26(17-23)14-20-7-10-29-15-20)22(27)25-13-18-5-8-24-9-6-18;2-1-3/h2-6,8-9,11,20H,7,10,12-17H2,1H3,(H,25,27);1H,(H,2,3). The number of hydrogen-bond acceptors (Lipinski definition) is 6. The largest absolute Gasteiger partial charge is 0.497 e. The van der Waals surface area contributed by atoms with Crippen LogP contribution < -0.4 is 10.1 Å². The van der Waals surface area contributed by atoms with E-state index in [0.29, 0.717) is 18.9 Å². The number of nitrogens with one attached hydrogen (secondary N) is 1. The van der Waals surface area contributed by atoms with Crippen molar-refractivity contribution in [1.29, 1.82) is 0 Å². The summed E-state index contributed by atoms with van der Waals surface area (Å²) in [5, 5.41) is 10.0. The van der Waals surface area contributed by atoms with E-state index in [1.54, 1.807) is 19.5 Å². The van der Waals surface area contributed by atoms with Gasteiger partial charge >= 0.3 is 0 Å². The smallest absolute Gasteiger partial charge is 0.290 e. The molecular weight excluding hydrogens is 410 g/mol. The third-order valence-corrected chi connectivity index (χ3v) is 5.95. The van der Waals surface area contributed by atoms with E-state index < -0.39 is 5.41 Å². The van der Waals surface area contributed by atoms with E-state index in [0.717, 1.165) is 56.1 Å². The highest BCUT2D eigenvalue weighted by atomic mass is 16.5. The third kappa shape index (κ3) is 6.27. The second-order valence-corrected chi connectivity index (χ2v) is 8.35. The summed E-state index contributed by atoms with van der Waals surface area (Å²) in [5.41, 5.74) is 1.79. The minimum Gasteiger partial charge on any atom is -0.497 e. The molecule has 1 atom stereocenters. The summed E-state index contributed by atoms with van der Waals surface area (Å²) >= 11 is 0. The summed E-state index contributed by atoms with van der Waals surface area (Å²) < 4.78 is 10.9. The van der Waals surface area contributed by atoms with E-state index in [1.165, 1.54) is 0 Å². The van der Waals surface area contributed by atoms with Crippen LogP contribution in [0.5, 0.6) is 5.75 Å². The SMILES string of the molecule is COc1cccc(CC2(C(=O)NCc3ccncc3)CN(CC3CCOC3)C2)c1.O=CO. The highest BCUT2D eigenvalue weighted by Crippen LogP contribution is 2.36. The van der Waals surface area contributed by atoms with E-state index in [9.17, 15) is 4.79 Å². The van der Waals surface area contributed by atoms with Crippen molar-refractivity contribution in [2.45, 2.75) is 19.4 Å². The maximum absolute atomic E-state index is 13.3. The number of pyridine rings is 1. The van der Waals surface area contributed by atoms with Crippen molar-refractivity contribution < 1.29 is 24.2 Å². The fourth-order valence-electron chi connectivity index (χ4n) is 4.41. The minimum absolute atomic E-state index is 0.121.